The third-order valence-electron chi connectivity index (χ3n) is 1.47. The molecule has 1 rings (SSSR count). The molecule has 1 amide bonds. The second-order valence-electron chi connectivity index (χ2n) is 2.60. The summed E-state index contributed by atoms with van der Waals surface area (Å²) in [6.45, 7) is 2.70. The molecule has 0 atom stereocenters. The number of anilines is 3. The van der Waals surface area contributed by atoms with Crippen LogP contribution < -0.4 is 21.9 Å². The first-order valence-corrected chi connectivity index (χ1v) is 4.15. The van der Waals surface area contributed by atoms with Crippen molar-refractivity contribution in [1.82, 2.24) is 20.4 Å². The molecule has 0 saturated heterocycles. The predicted octanol–water partition coefficient (Wildman–Crippen LogP) is -1.99. The number of nitrogens with two attached hydrogens (primary N) is 2. The Morgan fingerprint density at radius 1 is 1.44 bits per heavy atom. The molecule has 0 spiro atoms. The molecule has 0 saturated carbocycles. The van der Waals surface area contributed by atoms with Crippen molar-refractivity contribution in [3.05, 3.63) is 12.7 Å². The lowest BCUT2D eigenvalue weighted by Crippen LogP contribution is -2.43. The lowest BCUT2D eigenvalue weighted by Gasteiger charge is -2.19. The summed E-state index contributed by atoms with van der Waals surface area (Å²) < 4.78 is 0. The predicted molar refractivity (Wildman–Crippen MR) is 56.6 cm³/mol. The van der Waals surface area contributed by atoms with Crippen molar-refractivity contribution >= 4 is 23.8 Å². The summed E-state index contributed by atoms with van der Waals surface area (Å²) in [4.78, 5) is 21.9. The number of nitrogens with zero attached hydrogens (tertiary/aromatic N) is 4. The Kier molecular flexibility index (Phi) is 3.56. The van der Waals surface area contributed by atoms with Crippen molar-refractivity contribution in [2.45, 2.75) is 0 Å². The molecule has 0 aromatic carbocycles. The Labute approximate surface area is 90.8 Å². The van der Waals surface area contributed by atoms with Crippen molar-refractivity contribution in [1.29, 1.82) is 0 Å². The van der Waals surface area contributed by atoms with Crippen molar-refractivity contribution in [2.24, 2.45) is 0 Å². The molecule has 86 valence electrons. The molecular weight excluding hydrogens is 214 g/mol. The zero-order chi connectivity index (χ0) is 12.1. The number of carbonyl (C=O) groups is 1. The average Bonchev–Trinajstić information content (AvgIpc) is 2.24. The first-order chi connectivity index (χ1) is 7.56. The van der Waals surface area contributed by atoms with Gasteiger partial charge in [0.15, 0.2) is 0 Å². The molecule has 16 heavy (non-hydrogen) atoms. The van der Waals surface area contributed by atoms with Crippen LogP contribution in [0.25, 0.3) is 0 Å². The molecule has 0 aliphatic heterocycles. The SMILES string of the molecule is C=CC(=O)NN(CO)c1nc(N)nc(N)n1. The van der Waals surface area contributed by atoms with Gasteiger partial charge in [-0.05, 0) is 6.08 Å². The number of aliphatic hydroxyl groups excluding tert-OH is 1. The van der Waals surface area contributed by atoms with Crippen molar-refractivity contribution in [2.75, 3.05) is 23.2 Å². The van der Waals surface area contributed by atoms with Gasteiger partial charge in [0.1, 0.15) is 6.73 Å². The summed E-state index contributed by atoms with van der Waals surface area (Å²) in [5.74, 6) is -0.836. The number of amides is 1. The summed E-state index contributed by atoms with van der Waals surface area (Å²) in [7, 11) is 0. The van der Waals surface area contributed by atoms with Crippen LogP contribution in [0.3, 0.4) is 0 Å². The number of hydrazine groups is 1. The lowest BCUT2D eigenvalue weighted by molar-refractivity contribution is -0.116. The zero-order valence-corrected chi connectivity index (χ0v) is 8.29. The molecule has 1 aromatic heterocycles. The molecule has 0 aliphatic rings. The van der Waals surface area contributed by atoms with Gasteiger partial charge in [-0.3, -0.25) is 10.2 Å². The summed E-state index contributed by atoms with van der Waals surface area (Å²) in [5, 5.41) is 9.94. The molecule has 1 aromatic rings. The highest BCUT2D eigenvalue weighted by molar-refractivity contribution is 5.87. The Bertz CT molecular complexity index is 387. The number of nitrogen functional groups attached to an aromatic ring is 2. The summed E-state index contributed by atoms with van der Waals surface area (Å²) >= 11 is 0. The smallest absolute Gasteiger partial charge is 0.262 e. The minimum Gasteiger partial charge on any atom is -0.374 e. The molecular formula is C7H11N7O2. The summed E-state index contributed by atoms with van der Waals surface area (Å²) in [6, 6.07) is 0. The van der Waals surface area contributed by atoms with Gasteiger partial charge in [0.25, 0.3) is 11.9 Å². The number of rotatable bonds is 4. The van der Waals surface area contributed by atoms with Gasteiger partial charge < -0.3 is 16.6 Å². The average molecular weight is 225 g/mol. The van der Waals surface area contributed by atoms with Crippen LogP contribution in [-0.4, -0.2) is 32.7 Å². The minimum absolute atomic E-state index is 0.0669. The van der Waals surface area contributed by atoms with E-state index < -0.39 is 12.6 Å². The van der Waals surface area contributed by atoms with Crippen molar-refractivity contribution < 1.29 is 9.90 Å². The van der Waals surface area contributed by atoms with Gasteiger partial charge in [-0.25, -0.2) is 5.01 Å². The monoisotopic (exact) mass is 225 g/mol. The van der Waals surface area contributed by atoms with Gasteiger partial charge in [0.2, 0.25) is 11.9 Å². The molecule has 0 radical (unpaired) electrons. The van der Waals surface area contributed by atoms with Gasteiger partial charge in [-0.2, -0.15) is 15.0 Å². The van der Waals surface area contributed by atoms with Gasteiger partial charge in [0, 0.05) is 0 Å². The maximum Gasteiger partial charge on any atom is 0.262 e. The topological polar surface area (TPSA) is 143 Å². The van der Waals surface area contributed by atoms with Gasteiger partial charge in [-0.15, -0.1) is 0 Å². The molecule has 0 aliphatic carbocycles. The van der Waals surface area contributed by atoms with E-state index in [-0.39, 0.29) is 17.8 Å². The van der Waals surface area contributed by atoms with E-state index in [0.29, 0.717) is 0 Å². The number of aromatic nitrogens is 3. The van der Waals surface area contributed by atoms with Gasteiger partial charge >= 0.3 is 0 Å². The minimum atomic E-state index is -0.553. The van der Waals surface area contributed by atoms with E-state index in [0.717, 1.165) is 11.1 Å². The lowest BCUT2D eigenvalue weighted by atomic mass is 10.6. The molecule has 0 fully saturated rings. The quantitative estimate of drug-likeness (QED) is 0.262. The number of hydrogen-bond acceptors (Lipinski definition) is 8. The second-order valence-corrected chi connectivity index (χ2v) is 2.60. The van der Waals surface area contributed by atoms with E-state index in [9.17, 15) is 4.79 Å². The Balaban J connectivity index is 2.94. The molecule has 9 heteroatoms. The zero-order valence-electron chi connectivity index (χ0n) is 8.29. The van der Waals surface area contributed by atoms with E-state index in [4.69, 9.17) is 16.6 Å². The van der Waals surface area contributed by atoms with Crippen LogP contribution in [0.15, 0.2) is 12.7 Å². The van der Waals surface area contributed by atoms with Gasteiger partial charge in [-0.1, -0.05) is 6.58 Å². The highest BCUT2D eigenvalue weighted by Crippen LogP contribution is 2.07. The largest absolute Gasteiger partial charge is 0.374 e. The first kappa shape index (κ1) is 11.7. The fraction of sp³-hybridized carbons (Fsp3) is 0.143. The molecule has 0 bridgehead atoms. The standard InChI is InChI=1S/C7H11N7O2/c1-2-4(16)13-14(3-15)7-11-5(8)10-6(9)12-7/h2,15H,1,3H2,(H,13,16)(H4,8,9,10,11,12). The van der Waals surface area contributed by atoms with Crippen LogP contribution in [-0.2, 0) is 4.79 Å². The maximum absolute atomic E-state index is 11.0. The Morgan fingerprint density at radius 2 is 2.00 bits per heavy atom. The molecule has 9 nitrogen and oxygen atoms in total. The number of nitrogens with one attached hydrogen (secondary N) is 1. The van der Waals surface area contributed by atoms with Crippen LogP contribution in [0.4, 0.5) is 17.8 Å². The first-order valence-electron chi connectivity index (χ1n) is 4.15. The van der Waals surface area contributed by atoms with E-state index >= 15 is 0 Å². The number of aliphatic hydroxyl groups is 1. The van der Waals surface area contributed by atoms with Crippen molar-refractivity contribution in [3.8, 4) is 0 Å². The highest BCUT2D eigenvalue weighted by atomic mass is 16.3. The number of carbonyl (C=O) groups excluding carboxylic acids is 1. The van der Waals surface area contributed by atoms with Gasteiger partial charge in [0.05, 0.1) is 0 Å². The third-order valence-corrected chi connectivity index (χ3v) is 1.47. The molecule has 6 N–H and O–H groups in total. The van der Waals surface area contributed by atoms with Crippen LogP contribution in [0.2, 0.25) is 0 Å². The third kappa shape index (κ3) is 2.78. The summed E-state index contributed by atoms with van der Waals surface area (Å²) in [5.41, 5.74) is 12.9. The van der Waals surface area contributed by atoms with Crippen molar-refractivity contribution in [3.63, 3.8) is 0 Å². The molecule has 0 unspecified atom stereocenters. The van der Waals surface area contributed by atoms with E-state index in [1.807, 2.05) is 0 Å². The van der Waals surface area contributed by atoms with E-state index in [1.54, 1.807) is 0 Å². The highest BCUT2D eigenvalue weighted by Gasteiger charge is 2.12. The normalized spacial score (nSPS) is 9.56. The van der Waals surface area contributed by atoms with Crippen LogP contribution in [0.5, 0.6) is 0 Å². The Hall–Kier alpha value is -2.42. The van der Waals surface area contributed by atoms with E-state index in [1.165, 1.54) is 0 Å². The van der Waals surface area contributed by atoms with Crippen LogP contribution in [0.1, 0.15) is 0 Å². The van der Waals surface area contributed by atoms with Crippen LogP contribution >= 0.6 is 0 Å². The fourth-order valence-corrected chi connectivity index (χ4v) is 0.845. The van der Waals surface area contributed by atoms with E-state index in [2.05, 4.69) is 27.0 Å². The Morgan fingerprint density at radius 3 is 2.44 bits per heavy atom. The maximum atomic E-state index is 11.0. The van der Waals surface area contributed by atoms with Crippen LogP contribution in [0, 0.1) is 0 Å². The fourth-order valence-electron chi connectivity index (χ4n) is 0.845. The second kappa shape index (κ2) is 4.89. The summed E-state index contributed by atoms with van der Waals surface area (Å²) in [6.07, 6.45) is 1.02. The molecule has 1 heterocycles. The number of hydrogen-bond donors (Lipinski definition) is 4.